The lowest BCUT2D eigenvalue weighted by Gasteiger charge is -2.22. The molecular formula is C23H29N3O4S. The predicted molar refractivity (Wildman–Crippen MR) is 120 cm³/mol. The van der Waals surface area contributed by atoms with Gasteiger partial charge in [0, 0.05) is 18.7 Å². The fourth-order valence-electron chi connectivity index (χ4n) is 3.45. The normalized spacial score (nSPS) is 15.0. The monoisotopic (exact) mass is 443 g/mol. The Balaban J connectivity index is 1.73. The Morgan fingerprint density at radius 3 is 2.48 bits per heavy atom. The number of amides is 2. The highest BCUT2D eigenvalue weighted by atomic mass is 32.2. The van der Waals surface area contributed by atoms with Crippen molar-refractivity contribution in [2.24, 2.45) is 5.92 Å². The van der Waals surface area contributed by atoms with Crippen LogP contribution in [0.25, 0.3) is 0 Å². The molecule has 0 fully saturated rings. The molecule has 1 unspecified atom stereocenters. The van der Waals surface area contributed by atoms with Gasteiger partial charge in [-0.25, -0.2) is 8.42 Å². The highest BCUT2D eigenvalue weighted by Crippen LogP contribution is 2.25. The largest absolute Gasteiger partial charge is 0.351 e. The zero-order valence-corrected chi connectivity index (χ0v) is 18.9. The number of sulfonamides is 1. The number of hydrogen-bond donors (Lipinski definition) is 3. The lowest BCUT2D eigenvalue weighted by Crippen LogP contribution is -2.49. The molecule has 0 saturated heterocycles. The van der Waals surface area contributed by atoms with Gasteiger partial charge in [-0.15, -0.1) is 0 Å². The fourth-order valence-corrected chi connectivity index (χ4v) is 4.84. The Hall–Kier alpha value is -2.71. The number of rotatable bonds is 7. The highest BCUT2D eigenvalue weighted by Gasteiger charge is 2.29. The summed E-state index contributed by atoms with van der Waals surface area (Å²) >= 11 is 0. The van der Waals surface area contributed by atoms with Crippen molar-refractivity contribution in [1.82, 2.24) is 10.0 Å². The zero-order valence-electron chi connectivity index (χ0n) is 18.1. The Morgan fingerprint density at radius 1 is 1.10 bits per heavy atom. The number of nitrogens with one attached hydrogen (secondary N) is 3. The summed E-state index contributed by atoms with van der Waals surface area (Å²) in [5.74, 6) is -0.688. The summed E-state index contributed by atoms with van der Waals surface area (Å²) in [5.41, 5.74) is 3.48. The maximum atomic E-state index is 13.0. The Kier molecular flexibility index (Phi) is 7.12. The van der Waals surface area contributed by atoms with Crippen LogP contribution in [-0.2, 0) is 32.6 Å². The first-order chi connectivity index (χ1) is 14.7. The van der Waals surface area contributed by atoms with E-state index in [0.29, 0.717) is 31.5 Å². The van der Waals surface area contributed by atoms with E-state index in [2.05, 4.69) is 15.4 Å². The van der Waals surface area contributed by atoms with Crippen molar-refractivity contribution in [3.63, 3.8) is 0 Å². The molecule has 1 aliphatic heterocycles. The van der Waals surface area contributed by atoms with Crippen molar-refractivity contribution in [3.8, 4) is 0 Å². The van der Waals surface area contributed by atoms with Crippen molar-refractivity contribution >= 4 is 27.5 Å². The number of fused-ring (bicyclic) bond motifs is 1. The smallest absolute Gasteiger partial charge is 0.241 e. The van der Waals surface area contributed by atoms with Crippen LogP contribution in [0.2, 0.25) is 0 Å². The molecule has 31 heavy (non-hydrogen) atoms. The van der Waals surface area contributed by atoms with E-state index in [9.17, 15) is 18.0 Å². The van der Waals surface area contributed by atoms with E-state index in [0.717, 1.165) is 16.7 Å². The lowest BCUT2D eigenvalue weighted by atomic mass is 10.0. The molecule has 166 valence electrons. The maximum Gasteiger partial charge on any atom is 0.241 e. The van der Waals surface area contributed by atoms with Gasteiger partial charge in [-0.3, -0.25) is 9.59 Å². The standard InChI is InChI=1S/C23H29N3O4S/c1-15(2)22(23(28)24-14-17-9-7-16(3)8-10-17)26-31(29,30)19-11-12-20-18(13-19)5-4-6-21(27)25-20/h7-13,15,22,26H,4-6,14H2,1-3H3,(H,24,28)(H,25,27). The molecular weight excluding hydrogens is 414 g/mol. The zero-order chi connectivity index (χ0) is 22.6. The van der Waals surface area contributed by atoms with Crippen LogP contribution in [0.3, 0.4) is 0 Å². The summed E-state index contributed by atoms with van der Waals surface area (Å²) in [7, 11) is -3.92. The molecule has 0 saturated carbocycles. The average molecular weight is 444 g/mol. The number of aryl methyl sites for hydroxylation is 2. The average Bonchev–Trinajstić information content (AvgIpc) is 2.91. The van der Waals surface area contributed by atoms with E-state index in [4.69, 9.17) is 0 Å². The van der Waals surface area contributed by atoms with E-state index in [1.54, 1.807) is 26.0 Å². The molecule has 0 bridgehead atoms. The van der Waals surface area contributed by atoms with Crippen LogP contribution in [0.5, 0.6) is 0 Å². The second-order valence-corrected chi connectivity index (χ2v) is 9.98. The number of hydrogen-bond acceptors (Lipinski definition) is 4. The Morgan fingerprint density at radius 2 is 1.81 bits per heavy atom. The van der Waals surface area contributed by atoms with Crippen molar-refractivity contribution in [3.05, 3.63) is 59.2 Å². The molecule has 2 amide bonds. The number of anilines is 1. The van der Waals surface area contributed by atoms with Crippen LogP contribution >= 0.6 is 0 Å². The van der Waals surface area contributed by atoms with Crippen molar-refractivity contribution < 1.29 is 18.0 Å². The second kappa shape index (κ2) is 9.62. The molecule has 0 spiro atoms. The molecule has 8 heteroatoms. The topological polar surface area (TPSA) is 104 Å². The van der Waals surface area contributed by atoms with Crippen LogP contribution < -0.4 is 15.4 Å². The van der Waals surface area contributed by atoms with Crippen LogP contribution in [-0.4, -0.2) is 26.3 Å². The minimum Gasteiger partial charge on any atom is -0.351 e. The summed E-state index contributed by atoms with van der Waals surface area (Å²) in [4.78, 5) is 24.6. The summed E-state index contributed by atoms with van der Waals surface area (Å²) in [6.45, 7) is 5.90. The van der Waals surface area contributed by atoms with E-state index in [1.165, 1.54) is 6.07 Å². The first-order valence-electron chi connectivity index (χ1n) is 10.4. The molecule has 1 atom stereocenters. The summed E-state index contributed by atoms with van der Waals surface area (Å²) in [6, 6.07) is 11.5. The maximum absolute atomic E-state index is 13.0. The predicted octanol–water partition coefficient (Wildman–Crippen LogP) is 2.89. The van der Waals surface area contributed by atoms with Gasteiger partial charge in [0.1, 0.15) is 6.04 Å². The first-order valence-corrected chi connectivity index (χ1v) is 11.9. The molecule has 2 aromatic carbocycles. The van der Waals surface area contributed by atoms with E-state index in [-0.39, 0.29) is 22.6 Å². The minimum atomic E-state index is -3.92. The summed E-state index contributed by atoms with van der Waals surface area (Å²) in [6.07, 6.45) is 1.68. The van der Waals surface area contributed by atoms with Crippen molar-refractivity contribution in [1.29, 1.82) is 0 Å². The number of carbonyl (C=O) groups is 2. The molecule has 3 N–H and O–H groups in total. The van der Waals surface area contributed by atoms with Gasteiger partial charge in [-0.05, 0) is 55.0 Å². The van der Waals surface area contributed by atoms with Gasteiger partial charge in [-0.2, -0.15) is 4.72 Å². The first kappa shape index (κ1) is 23.0. The van der Waals surface area contributed by atoms with Gasteiger partial charge in [0.25, 0.3) is 0 Å². The van der Waals surface area contributed by atoms with Crippen molar-refractivity contribution in [2.45, 2.75) is 57.5 Å². The Labute approximate surface area is 183 Å². The quantitative estimate of drug-likeness (QED) is 0.612. The third-order valence-corrected chi connectivity index (χ3v) is 6.77. The van der Waals surface area contributed by atoms with Crippen LogP contribution in [0.15, 0.2) is 47.4 Å². The molecule has 0 aliphatic carbocycles. The van der Waals surface area contributed by atoms with E-state index < -0.39 is 16.1 Å². The molecule has 7 nitrogen and oxygen atoms in total. The number of carbonyl (C=O) groups excluding carboxylic acids is 2. The molecule has 3 rings (SSSR count). The summed E-state index contributed by atoms with van der Waals surface area (Å²) in [5, 5.41) is 5.62. The minimum absolute atomic E-state index is 0.0717. The van der Waals surface area contributed by atoms with Gasteiger partial charge in [0.15, 0.2) is 0 Å². The molecule has 0 aromatic heterocycles. The highest BCUT2D eigenvalue weighted by molar-refractivity contribution is 7.89. The van der Waals surface area contributed by atoms with Gasteiger partial charge in [-0.1, -0.05) is 43.7 Å². The Bertz CT molecular complexity index is 1060. The van der Waals surface area contributed by atoms with Gasteiger partial charge >= 0.3 is 0 Å². The van der Waals surface area contributed by atoms with Crippen LogP contribution in [0.1, 0.15) is 43.4 Å². The number of benzene rings is 2. The van der Waals surface area contributed by atoms with Gasteiger partial charge in [0.05, 0.1) is 4.90 Å². The molecule has 2 aromatic rings. The van der Waals surface area contributed by atoms with Crippen LogP contribution in [0.4, 0.5) is 5.69 Å². The molecule has 0 radical (unpaired) electrons. The van der Waals surface area contributed by atoms with E-state index in [1.807, 2.05) is 31.2 Å². The SMILES string of the molecule is Cc1ccc(CNC(=O)C(NS(=O)(=O)c2ccc3c(c2)CCCC(=O)N3)C(C)C)cc1. The van der Waals surface area contributed by atoms with E-state index >= 15 is 0 Å². The molecule has 1 heterocycles. The third kappa shape index (κ3) is 5.92. The van der Waals surface area contributed by atoms with Crippen LogP contribution in [0, 0.1) is 12.8 Å². The summed E-state index contributed by atoms with van der Waals surface area (Å²) < 4.78 is 28.6. The lowest BCUT2D eigenvalue weighted by molar-refractivity contribution is -0.123. The van der Waals surface area contributed by atoms with Gasteiger partial charge in [0.2, 0.25) is 21.8 Å². The van der Waals surface area contributed by atoms with Gasteiger partial charge < -0.3 is 10.6 Å². The second-order valence-electron chi connectivity index (χ2n) is 8.27. The fraction of sp³-hybridized carbons (Fsp3) is 0.391. The third-order valence-electron chi connectivity index (χ3n) is 5.33. The molecule has 1 aliphatic rings. The van der Waals surface area contributed by atoms with Crippen molar-refractivity contribution in [2.75, 3.05) is 5.32 Å².